The van der Waals surface area contributed by atoms with Crippen molar-refractivity contribution in [3.8, 4) is 0 Å². The Morgan fingerprint density at radius 1 is 1.15 bits per heavy atom. The Balaban J connectivity index is 2.01. The molecular weight excluding hydrogens is 265 g/mol. The van der Waals surface area contributed by atoms with E-state index >= 15 is 0 Å². The Morgan fingerprint density at radius 2 is 1.85 bits per heavy atom. The van der Waals surface area contributed by atoms with E-state index in [1.54, 1.807) is 18.5 Å². The van der Waals surface area contributed by atoms with Gasteiger partial charge in [0.2, 0.25) is 0 Å². The lowest BCUT2D eigenvalue weighted by Gasteiger charge is -2.15. The predicted octanol–water partition coefficient (Wildman–Crippen LogP) is 3.95. The number of benzene rings is 1. The highest BCUT2D eigenvalue weighted by Gasteiger charge is 2.30. The first-order valence-electron chi connectivity index (χ1n) is 6.26. The van der Waals surface area contributed by atoms with Crippen molar-refractivity contribution in [3.05, 3.63) is 65.5 Å². The van der Waals surface area contributed by atoms with Crippen LogP contribution in [0.3, 0.4) is 0 Å². The number of pyridine rings is 1. The van der Waals surface area contributed by atoms with Crippen LogP contribution in [0.5, 0.6) is 0 Å². The van der Waals surface area contributed by atoms with E-state index in [1.165, 1.54) is 12.1 Å². The van der Waals surface area contributed by atoms with E-state index in [2.05, 4.69) is 10.3 Å². The van der Waals surface area contributed by atoms with Gasteiger partial charge < -0.3 is 5.32 Å². The second-order valence-electron chi connectivity index (χ2n) is 4.58. The van der Waals surface area contributed by atoms with Gasteiger partial charge in [0.25, 0.3) is 0 Å². The smallest absolute Gasteiger partial charge is 0.306 e. The zero-order chi connectivity index (χ0) is 14.6. The molecule has 1 heterocycles. The third kappa shape index (κ3) is 3.81. The van der Waals surface area contributed by atoms with Crippen molar-refractivity contribution in [2.24, 2.45) is 0 Å². The highest BCUT2D eigenvalue weighted by molar-refractivity contribution is 5.26. The minimum absolute atomic E-state index is 0.0487. The third-order valence-corrected chi connectivity index (χ3v) is 3.07. The summed E-state index contributed by atoms with van der Waals surface area (Å²) in [6, 6.07) is 9.17. The highest BCUT2D eigenvalue weighted by Crippen LogP contribution is 2.29. The summed E-state index contributed by atoms with van der Waals surface area (Å²) in [7, 11) is 0. The van der Waals surface area contributed by atoms with E-state index in [9.17, 15) is 13.2 Å². The Kier molecular flexibility index (Phi) is 4.39. The molecule has 5 heteroatoms. The fourth-order valence-corrected chi connectivity index (χ4v) is 1.90. The Labute approximate surface area is 115 Å². The molecule has 0 amide bonds. The fourth-order valence-electron chi connectivity index (χ4n) is 1.90. The van der Waals surface area contributed by atoms with Crippen molar-refractivity contribution in [2.45, 2.75) is 25.7 Å². The minimum Gasteiger partial charge on any atom is -0.306 e. The molecule has 1 N–H and O–H groups in total. The molecule has 0 bridgehead atoms. The largest absolute Gasteiger partial charge is 0.416 e. The van der Waals surface area contributed by atoms with Gasteiger partial charge in [0, 0.05) is 25.0 Å². The van der Waals surface area contributed by atoms with Gasteiger partial charge in [-0.3, -0.25) is 4.98 Å². The molecule has 0 spiro atoms. The van der Waals surface area contributed by atoms with Crippen LogP contribution in [0.25, 0.3) is 0 Å². The van der Waals surface area contributed by atoms with Crippen LogP contribution in [0.4, 0.5) is 13.2 Å². The van der Waals surface area contributed by atoms with Crippen LogP contribution in [0, 0.1) is 0 Å². The summed E-state index contributed by atoms with van der Waals surface area (Å²) in [6.07, 6.45) is -0.914. The van der Waals surface area contributed by atoms with Gasteiger partial charge in [-0.2, -0.15) is 13.2 Å². The average molecular weight is 280 g/mol. The van der Waals surface area contributed by atoms with E-state index < -0.39 is 11.7 Å². The van der Waals surface area contributed by atoms with Gasteiger partial charge in [-0.25, -0.2) is 0 Å². The van der Waals surface area contributed by atoms with Crippen molar-refractivity contribution < 1.29 is 13.2 Å². The normalized spacial score (nSPS) is 13.2. The standard InChI is InChI=1S/C15H15F3N2/c1-11(13-5-7-19-8-6-13)20-10-12-3-2-4-14(9-12)15(16,17)18/h2-9,11,20H,10H2,1H3/t11-/m1/s1. The molecule has 0 saturated heterocycles. The molecule has 0 aliphatic rings. The molecule has 0 unspecified atom stereocenters. The second-order valence-corrected chi connectivity index (χ2v) is 4.58. The molecule has 1 aromatic heterocycles. The maximum atomic E-state index is 12.6. The molecule has 2 rings (SSSR count). The Bertz CT molecular complexity index is 553. The number of aromatic nitrogens is 1. The lowest BCUT2D eigenvalue weighted by atomic mass is 10.1. The van der Waals surface area contributed by atoms with Gasteiger partial charge in [-0.05, 0) is 36.2 Å². The SMILES string of the molecule is C[C@@H](NCc1cccc(C(F)(F)F)c1)c1ccncc1. The summed E-state index contributed by atoms with van der Waals surface area (Å²) >= 11 is 0. The molecule has 0 aliphatic carbocycles. The molecule has 1 atom stereocenters. The molecule has 20 heavy (non-hydrogen) atoms. The predicted molar refractivity (Wildman–Crippen MR) is 70.9 cm³/mol. The van der Waals surface area contributed by atoms with Crippen LogP contribution in [-0.2, 0) is 12.7 Å². The van der Waals surface area contributed by atoms with Crippen LogP contribution in [0.1, 0.15) is 29.7 Å². The Hall–Kier alpha value is -1.88. The number of alkyl halides is 3. The van der Waals surface area contributed by atoms with E-state index in [0.717, 1.165) is 11.6 Å². The van der Waals surface area contributed by atoms with Gasteiger partial charge in [0.1, 0.15) is 0 Å². The zero-order valence-corrected chi connectivity index (χ0v) is 11.0. The van der Waals surface area contributed by atoms with E-state index in [1.807, 2.05) is 19.1 Å². The zero-order valence-electron chi connectivity index (χ0n) is 11.0. The number of hydrogen-bond donors (Lipinski definition) is 1. The first kappa shape index (κ1) is 14.5. The van der Waals surface area contributed by atoms with Crippen molar-refractivity contribution in [1.82, 2.24) is 10.3 Å². The van der Waals surface area contributed by atoms with Crippen LogP contribution < -0.4 is 5.32 Å². The van der Waals surface area contributed by atoms with Gasteiger partial charge in [-0.15, -0.1) is 0 Å². The van der Waals surface area contributed by atoms with Crippen molar-refractivity contribution >= 4 is 0 Å². The first-order chi connectivity index (χ1) is 9.47. The summed E-state index contributed by atoms with van der Waals surface area (Å²) in [5.41, 5.74) is 1.04. The number of rotatable bonds is 4. The summed E-state index contributed by atoms with van der Waals surface area (Å²) in [5, 5.41) is 3.20. The summed E-state index contributed by atoms with van der Waals surface area (Å²) in [6.45, 7) is 2.34. The van der Waals surface area contributed by atoms with Crippen LogP contribution in [0.15, 0.2) is 48.8 Å². The van der Waals surface area contributed by atoms with E-state index in [0.29, 0.717) is 12.1 Å². The summed E-state index contributed by atoms with van der Waals surface area (Å²) < 4.78 is 37.8. The fraction of sp³-hybridized carbons (Fsp3) is 0.267. The number of nitrogens with one attached hydrogen (secondary N) is 1. The molecule has 2 nitrogen and oxygen atoms in total. The summed E-state index contributed by atoms with van der Waals surface area (Å²) in [5.74, 6) is 0. The first-order valence-corrected chi connectivity index (χ1v) is 6.26. The lowest BCUT2D eigenvalue weighted by Crippen LogP contribution is -2.18. The maximum absolute atomic E-state index is 12.6. The molecule has 106 valence electrons. The van der Waals surface area contributed by atoms with Gasteiger partial charge >= 0.3 is 6.18 Å². The number of hydrogen-bond acceptors (Lipinski definition) is 2. The van der Waals surface area contributed by atoms with E-state index in [4.69, 9.17) is 0 Å². The molecule has 0 aliphatic heterocycles. The van der Waals surface area contributed by atoms with Crippen molar-refractivity contribution in [2.75, 3.05) is 0 Å². The monoisotopic (exact) mass is 280 g/mol. The van der Waals surface area contributed by atoms with Gasteiger partial charge in [0.05, 0.1) is 5.56 Å². The average Bonchev–Trinajstić information content (AvgIpc) is 2.45. The second kappa shape index (κ2) is 6.05. The third-order valence-electron chi connectivity index (χ3n) is 3.07. The van der Waals surface area contributed by atoms with Crippen molar-refractivity contribution in [1.29, 1.82) is 0 Å². The molecule has 0 saturated carbocycles. The Morgan fingerprint density at radius 3 is 2.50 bits per heavy atom. The molecule has 0 fully saturated rings. The topological polar surface area (TPSA) is 24.9 Å². The highest BCUT2D eigenvalue weighted by atomic mass is 19.4. The number of halogens is 3. The number of nitrogens with zero attached hydrogens (tertiary/aromatic N) is 1. The van der Waals surface area contributed by atoms with Crippen LogP contribution in [-0.4, -0.2) is 4.98 Å². The lowest BCUT2D eigenvalue weighted by molar-refractivity contribution is -0.137. The summed E-state index contributed by atoms with van der Waals surface area (Å²) in [4.78, 5) is 3.93. The maximum Gasteiger partial charge on any atom is 0.416 e. The molecule has 2 aromatic rings. The minimum atomic E-state index is -4.30. The van der Waals surface area contributed by atoms with E-state index in [-0.39, 0.29) is 6.04 Å². The van der Waals surface area contributed by atoms with Gasteiger partial charge in [-0.1, -0.05) is 18.2 Å². The van der Waals surface area contributed by atoms with Crippen molar-refractivity contribution in [3.63, 3.8) is 0 Å². The quantitative estimate of drug-likeness (QED) is 0.917. The van der Waals surface area contributed by atoms with Gasteiger partial charge in [0.15, 0.2) is 0 Å². The molecular formula is C15H15F3N2. The van der Waals surface area contributed by atoms with Crippen LogP contribution in [0.2, 0.25) is 0 Å². The van der Waals surface area contributed by atoms with Crippen LogP contribution >= 0.6 is 0 Å². The molecule has 1 aromatic carbocycles. The molecule has 0 radical (unpaired) electrons.